The Labute approximate surface area is 157 Å². The summed E-state index contributed by atoms with van der Waals surface area (Å²) in [7, 11) is -3.86. The van der Waals surface area contributed by atoms with E-state index in [0.29, 0.717) is 10.8 Å². The molecule has 1 atom stereocenters. The van der Waals surface area contributed by atoms with E-state index in [4.69, 9.17) is 0 Å². The summed E-state index contributed by atoms with van der Waals surface area (Å²) < 4.78 is 37.9. The third kappa shape index (κ3) is 5.55. The topological polar surface area (TPSA) is 75.3 Å². The largest absolute Gasteiger partial charge is 0.277 e. The highest BCUT2D eigenvalue weighted by molar-refractivity contribution is 8.00. The van der Waals surface area contributed by atoms with Crippen LogP contribution >= 0.6 is 11.8 Å². The molecular weight excluding hydrogens is 375 g/mol. The van der Waals surface area contributed by atoms with Crippen LogP contribution in [0.2, 0.25) is 0 Å². The van der Waals surface area contributed by atoms with Crippen molar-refractivity contribution in [3.8, 4) is 0 Å². The lowest BCUT2D eigenvalue weighted by molar-refractivity contribution is -0.119. The number of hydrogen-bond acceptors (Lipinski definition) is 4. The van der Waals surface area contributed by atoms with Gasteiger partial charge in [-0.2, -0.15) is 0 Å². The quantitative estimate of drug-likeness (QED) is 0.529. The predicted molar refractivity (Wildman–Crippen MR) is 101 cm³/mol. The molecule has 0 saturated carbocycles. The van der Waals surface area contributed by atoms with E-state index < -0.39 is 21.7 Å². The zero-order valence-electron chi connectivity index (χ0n) is 14.5. The smallest absolute Gasteiger partial charge is 0.257 e. The molecule has 0 heterocycles. The number of thioether (sulfide) groups is 1. The normalized spacial score (nSPS) is 12.6. The van der Waals surface area contributed by atoms with Gasteiger partial charge in [0, 0.05) is 4.90 Å². The van der Waals surface area contributed by atoms with Crippen molar-refractivity contribution in [3.05, 3.63) is 59.9 Å². The maximum Gasteiger partial charge on any atom is 0.257 e. The van der Waals surface area contributed by atoms with Gasteiger partial charge in [0.2, 0.25) is 5.91 Å². The van der Waals surface area contributed by atoms with Crippen LogP contribution in [0.3, 0.4) is 0 Å². The van der Waals surface area contributed by atoms with Crippen LogP contribution in [-0.4, -0.2) is 20.1 Å². The summed E-state index contributed by atoms with van der Waals surface area (Å²) in [5.74, 6) is -0.767. The van der Waals surface area contributed by atoms with Crippen LogP contribution in [-0.2, 0) is 14.8 Å². The maximum absolute atomic E-state index is 13.5. The van der Waals surface area contributed by atoms with Crippen molar-refractivity contribution in [2.24, 2.45) is 0 Å². The highest BCUT2D eigenvalue weighted by Crippen LogP contribution is 2.21. The summed E-state index contributed by atoms with van der Waals surface area (Å²) in [6.45, 7) is 4.13. The second-order valence-corrected chi connectivity index (χ2v) is 8.45. The van der Waals surface area contributed by atoms with Gasteiger partial charge in [-0.1, -0.05) is 38.1 Å². The van der Waals surface area contributed by atoms with Crippen molar-refractivity contribution in [2.45, 2.75) is 36.0 Å². The van der Waals surface area contributed by atoms with E-state index in [1.54, 1.807) is 30.3 Å². The Morgan fingerprint density at radius 2 is 1.81 bits per heavy atom. The first kappa shape index (κ1) is 20.4. The van der Waals surface area contributed by atoms with Gasteiger partial charge in [-0.3, -0.25) is 10.2 Å². The van der Waals surface area contributed by atoms with Gasteiger partial charge in [-0.05, 0) is 42.2 Å². The second kappa shape index (κ2) is 9.16. The fraction of sp³-hybridized carbons (Fsp3) is 0.278. The molecule has 2 rings (SSSR count). The third-order valence-electron chi connectivity index (χ3n) is 3.89. The molecule has 8 heteroatoms. The number of sulfonamides is 1. The molecule has 0 aliphatic carbocycles. The minimum atomic E-state index is -3.86. The molecule has 0 spiro atoms. The fourth-order valence-electron chi connectivity index (χ4n) is 2.14. The average molecular weight is 397 g/mol. The van der Waals surface area contributed by atoms with Gasteiger partial charge in [-0.15, -0.1) is 16.6 Å². The molecule has 140 valence electrons. The second-order valence-electron chi connectivity index (χ2n) is 5.75. The van der Waals surface area contributed by atoms with Crippen LogP contribution in [0, 0.1) is 5.82 Å². The summed E-state index contributed by atoms with van der Waals surface area (Å²) in [6.07, 6.45) is 0.958. The van der Waals surface area contributed by atoms with Crippen molar-refractivity contribution >= 4 is 27.7 Å². The van der Waals surface area contributed by atoms with E-state index in [0.717, 1.165) is 23.7 Å². The molecule has 2 N–H and O–H groups in total. The Morgan fingerprint density at radius 3 is 2.42 bits per heavy atom. The molecule has 0 aromatic heterocycles. The van der Waals surface area contributed by atoms with Crippen LogP contribution in [0.5, 0.6) is 0 Å². The first-order valence-electron chi connectivity index (χ1n) is 8.11. The minimum absolute atomic E-state index is 0.0617. The van der Waals surface area contributed by atoms with Gasteiger partial charge in [0.25, 0.3) is 10.0 Å². The minimum Gasteiger partial charge on any atom is -0.277 e. The Morgan fingerprint density at radius 1 is 1.15 bits per heavy atom. The maximum atomic E-state index is 13.5. The highest BCUT2D eigenvalue weighted by Gasteiger charge is 2.16. The molecule has 2 aromatic carbocycles. The van der Waals surface area contributed by atoms with Crippen molar-refractivity contribution in [3.63, 3.8) is 0 Å². The van der Waals surface area contributed by atoms with Gasteiger partial charge >= 0.3 is 0 Å². The van der Waals surface area contributed by atoms with Crippen LogP contribution in [0.4, 0.5) is 4.39 Å². The zero-order valence-corrected chi connectivity index (χ0v) is 16.2. The highest BCUT2D eigenvalue weighted by atomic mass is 32.2. The van der Waals surface area contributed by atoms with E-state index in [-0.39, 0.29) is 10.6 Å². The predicted octanol–water partition coefficient (Wildman–Crippen LogP) is 3.44. The molecule has 5 nitrogen and oxygen atoms in total. The number of nitrogens with one attached hydrogen (secondary N) is 2. The molecule has 0 saturated heterocycles. The SMILES string of the molecule is CC[C@@H](C)c1ccc(S(=O)(=O)NNC(=O)CSc2ccccc2F)cc1. The fourth-order valence-corrected chi connectivity index (χ4v) is 3.74. The number of halogens is 1. The first-order valence-corrected chi connectivity index (χ1v) is 10.6. The number of amides is 1. The van der Waals surface area contributed by atoms with Gasteiger partial charge < -0.3 is 0 Å². The molecular formula is C18H21FN2O3S2. The summed E-state index contributed by atoms with van der Waals surface area (Å²) in [4.78, 5) is 14.2. The van der Waals surface area contributed by atoms with Crippen molar-refractivity contribution < 1.29 is 17.6 Å². The third-order valence-corrected chi connectivity index (χ3v) is 6.20. The standard InChI is InChI=1S/C18H21FN2O3S2/c1-3-13(2)14-8-10-15(11-9-14)26(23,24)21-20-18(22)12-25-17-7-5-4-6-16(17)19/h4-11,13,21H,3,12H2,1-2H3,(H,20,22)/t13-/m1/s1. The molecule has 0 unspecified atom stereocenters. The van der Waals surface area contributed by atoms with Crippen LogP contribution < -0.4 is 10.3 Å². The van der Waals surface area contributed by atoms with E-state index >= 15 is 0 Å². The molecule has 26 heavy (non-hydrogen) atoms. The number of carbonyl (C=O) groups is 1. The van der Waals surface area contributed by atoms with Crippen molar-refractivity contribution in [1.29, 1.82) is 0 Å². The summed E-state index contributed by atoms with van der Waals surface area (Å²) in [5.41, 5.74) is 3.19. The van der Waals surface area contributed by atoms with E-state index in [1.807, 2.05) is 0 Å². The number of hydrogen-bond donors (Lipinski definition) is 2. The zero-order chi connectivity index (χ0) is 19.2. The van der Waals surface area contributed by atoms with Crippen LogP contribution in [0.25, 0.3) is 0 Å². The van der Waals surface area contributed by atoms with Crippen LogP contribution in [0.1, 0.15) is 31.7 Å². The van der Waals surface area contributed by atoms with Gasteiger partial charge in [0.1, 0.15) is 5.82 Å². The molecule has 0 radical (unpaired) electrons. The molecule has 1 amide bonds. The molecule has 0 fully saturated rings. The van der Waals surface area contributed by atoms with Crippen molar-refractivity contribution in [1.82, 2.24) is 10.3 Å². The number of rotatable bonds is 8. The first-order chi connectivity index (χ1) is 12.3. The lowest BCUT2D eigenvalue weighted by Gasteiger charge is -2.11. The Kier molecular flexibility index (Phi) is 7.19. The van der Waals surface area contributed by atoms with E-state index in [1.165, 1.54) is 18.2 Å². The molecule has 0 bridgehead atoms. The lowest BCUT2D eigenvalue weighted by atomic mass is 9.99. The Balaban J connectivity index is 1.91. The lowest BCUT2D eigenvalue weighted by Crippen LogP contribution is -2.42. The van der Waals surface area contributed by atoms with Gasteiger partial charge in [0.05, 0.1) is 10.6 Å². The summed E-state index contributed by atoms with van der Waals surface area (Å²) >= 11 is 0.987. The summed E-state index contributed by atoms with van der Waals surface area (Å²) in [5, 5.41) is 0. The number of carbonyl (C=O) groups excluding carboxylic acids is 1. The van der Waals surface area contributed by atoms with Crippen molar-refractivity contribution in [2.75, 3.05) is 5.75 Å². The molecule has 0 aliphatic heterocycles. The van der Waals surface area contributed by atoms with E-state index in [9.17, 15) is 17.6 Å². The van der Waals surface area contributed by atoms with Gasteiger partial charge in [0.15, 0.2) is 0 Å². The van der Waals surface area contributed by atoms with Gasteiger partial charge in [-0.25, -0.2) is 12.8 Å². The summed E-state index contributed by atoms with van der Waals surface area (Å²) in [6, 6.07) is 12.6. The number of benzene rings is 2. The monoisotopic (exact) mass is 396 g/mol. The Bertz CT molecular complexity index is 855. The number of hydrazine groups is 1. The average Bonchev–Trinajstić information content (AvgIpc) is 2.65. The van der Waals surface area contributed by atoms with Crippen LogP contribution in [0.15, 0.2) is 58.3 Å². The Hall–Kier alpha value is -1.90. The molecule has 0 aliphatic rings. The molecule has 2 aromatic rings. The van der Waals surface area contributed by atoms with E-state index in [2.05, 4.69) is 24.1 Å².